The van der Waals surface area contributed by atoms with E-state index in [1.54, 1.807) is 6.08 Å². The lowest BCUT2D eigenvalue weighted by molar-refractivity contribution is -0.186. The highest BCUT2D eigenvalue weighted by Gasteiger charge is 2.68. The fourth-order valence-corrected chi connectivity index (χ4v) is 7.76. The van der Waals surface area contributed by atoms with Gasteiger partial charge in [-0.3, -0.25) is 14.4 Å². The van der Waals surface area contributed by atoms with Crippen LogP contribution in [0, 0.1) is 28.6 Å². The number of carboxylic acid groups (broad SMARTS) is 1. The largest absolute Gasteiger partial charge is 0.481 e. The Bertz CT molecular complexity index is 834. The summed E-state index contributed by atoms with van der Waals surface area (Å²) < 4.78 is 0. The predicted molar refractivity (Wildman–Crippen MR) is 111 cm³/mol. The zero-order chi connectivity index (χ0) is 22.8. The molecule has 4 rings (SSSR count). The van der Waals surface area contributed by atoms with Crippen molar-refractivity contribution < 1.29 is 34.8 Å². The molecule has 0 saturated heterocycles. The van der Waals surface area contributed by atoms with Crippen molar-refractivity contribution in [2.45, 2.75) is 89.4 Å². The van der Waals surface area contributed by atoms with Crippen molar-refractivity contribution in [3.05, 3.63) is 11.6 Å². The Morgan fingerprint density at radius 1 is 1.19 bits per heavy atom. The summed E-state index contributed by atoms with van der Waals surface area (Å²) in [6.07, 6.45) is 2.84. The van der Waals surface area contributed by atoms with Gasteiger partial charge in [0.25, 0.3) is 0 Å². The summed E-state index contributed by atoms with van der Waals surface area (Å²) in [5, 5.41) is 42.1. The monoisotopic (exact) mass is 434 g/mol. The second kappa shape index (κ2) is 7.49. The van der Waals surface area contributed by atoms with E-state index in [0.29, 0.717) is 12.8 Å². The van der Waals surface area contributed by atoms with Gasteiger partial charge in [-0.25, -0.2) is 0 Å². The molecule has 1 unspecified atom stereocenters. The van der Waals surface area contributed by atoms with Crippen LogP contribution in [0.2, 0.25) is 0 Å². The maximum absolute atomic E-state index is 13.1. The van der Waals surface area contributed by atoms with E-state index in [0.717, 1.165) is 24.8 Å². The van der Waals surface area contributed by atoms with E-state index in [-0.39, 0.29) is 54.6 Å². The summed E-state index contributed by atoms with van der Waals surface area (Å²) >= 11 is 0. The lowest BCUT2D eigenvalue weighted by Gasteiger charge is -2.60. The van der Waals surface area contributed by atoms with Crippen LogP contribution in [0.4, 0.5) is 0 Å². The average Bonchev–Trinajstić information content (AvgIpc) is 2.97. The molecular weight excluding hydrogens is 400 g/mol. The smallest absolute Gasteiger partial charge is 0.303 e. The van der Waals surface area contributed by atoms with E-state index in [4.69, 9.17) is 5.11 Å². The molecule has 8 atom stereocenters. The predicted octanol–water partition coefficient (Wildman–Crippen LogP) is 2.01. The van der Waals surface area contributed by atoms with Gasteiger partial charge in [0.1, 0.15) is 11.7 Å². The van der Waals surface area contributed by atoms with Crippen molar-refractivity contribution in [3.8, 4) is 0 Å². The molecule has 3 saturated carbocycles. The van der Waals surface area contributed by atoms with E-state index in [1.165, 1.54) is 0 Å². The standard InChI is InChI=1S/C24H34O7/c1-22-9-7-14(25)11-13(22)3-4-15-16-8-10-24(31,21(30)17(26)5-6-19(28)29)23(16,2)12-18(27)20(15)22/h11,15-18,20,26-27,31H,3-10,12H2,1-2H3,(H,28,29)/t15-,16-,17?,18-,20+,22-,23-,24-/m0/s1. The van der Waals surface area contributed by atoms with Crippen LogP contribution in [0.25, 0.3) is 0 Å². The van der Waals surface area contributed by atoms with Crippen LogP contribution in [-0.2, 0) is 14.4 Å². The minimum atomic E-state index is -1.78. The molecule has 0 spiro atoms. The molecule has 4 aliphatic rings. The van der Waals surface area contributed by atoms with Crippen LogP contribution in [0.15, 0.2) is 11.6 Å². The number of carbonyl (C=O) groups is 3. The molecule has 3 fully saturated rings. The summed E-state index contributed by atoms with van der Waals surface area (Å²) in [5.74, 6) is -1.53. The summed E-state index contributed by atoms with van der Waals surface area (Å²) in [4.78, 5) is 35.9. The Hall–Kier alpha value is -1.57. The van der Waals surface area contributed by atoms with Gasteiger partial charge in [-0.15, -0.1) is 0 Å². The third-order valence-corrected chi connectivity index (χ3v) is 9.39. The zero-order valence-corrected chi connectivity index (χ0v) is 18.3. The number of hydrogen-bond donors (Lipinski definition) is 4. The van der Waals surface area contributed by atoms with Gasteiger partial charge in [0.15, 0.2) is 11.6 Å². The lowest BCUT2D eigenvalue weighted by Crippen LogP contribution is -2.62. The highest BCUT2D eigenvalue weighted by molar-refractivity contribution is 5.93. The lowest BCUT2D eigenvalue weighted by atomic mass is 9.45. The molecule has 0 aliphatic heterocycles. The molecule has 4 N–H and O–H groups in total. The minimum Gasteiger partial charge on any atom is -0.481 e. The molecule has 0 aromatic heterocycles. The number of fused-ring (bicyclic) bond motifs is 5. The number of aliphatic hydroxyl groups excluding tert-OH is 2. The molecular formula is C24H34O7. The first-order valence-corrected chi connectivity index (χ1v) is 11.5. The van der Waals surface area contributed by atoms with Crippen LogP contribution in [0.3, 0.4) is 0 Å². The number of aliphatic hydroxyl groups is 3. The Labute approximate surface area is 182 Å². The topological polar surface area (TPSA) is 132 Å². The molecule has 0 amide bonds. The fraction of sp³-hybridized carbons (Fsp3) is 0.792. The van der Waals surface area contributed by atoms with Gasteiger partial charge in [0.2, 0.25) is 0 Å². The Kier molecular flexibility index (Phi) is 5.47. The van der Waals surface area contributed by atoms with Crippen molar-refractivity contribution in [2.24, 2.45) is 28.6 Å². The molecule has 0 aromatic rings. The van der Waals surface area contributed by atoms with Gasteiger partial charge in [-0.2, -0.15) is 0 Å². The third kappa shape index (κ3) is 3.23. The van der Waals surface area contributed by atoms with Gasteiger partial charge in [-0.1, -0.05) is 19.4 Å². The Morgan fingerprint density at radius 2 is 1.90 bits per heavy atom. The quantitative estimate of drug-likeness (QED) is 0.520. The molecule has 0 radical (unpaired) electrons. The first-order valence-electron chi connectivity index (χ1n) is 11.5. The highest BCUT2D eigenvalue weighted by Crippen LogP contribution is 2.67. The van der Waals surface area contributed by atoms with Crippen molar-refractivity contribution in [1.82, 2.24) is 0 Å². The normalized spacial score (nSPS) is 45.2. The zero-order valence-electron chi connectivity index (χ0n) is 18.3. The van der Waals surface area contributed by atoms with Crippen molar-refractivity contribution >= 4 is 17.5 Å². The number of carbonyl (C=O) groups excluding carboxylic acids is 2. The van der Waals surface area contributed by atoms with Gasteiger partial charge in [0.05, 0.1) is 6.10 Å². The number of hydrogen-bond acceptors (Lipinski definition) is 6. The van der Waals surface area contributed by atoms with Gasteiger partial charge in [0, 0.05) is 18.3 Å². The maximum atomic E-state index is 13.1. The molecule has 4 aliphatic carbocycles. The molecule has 172 valence electrons. The molecule has 0 bridgehead atoms. The second-order valence-electron chi connectivity index (χ2n) is 10.8. The van der Waals surface area contributed by atoms with Crippen molar-refractivity contribution in [3.63, 3.8) is 0 Å². The number of rotatable bonds is 5. The first kappa shape index (κ1) is 22.6. The van der Waals surface area contributed by atoms with Crippen LogP contribution in [0.1, 0.15) is 71.6 Å². The molecule has 0 aromatic carbocycles. The van der Waals surface area contributed by atoms with Crippen molar-refractivity contribution in [1.29, 1.82) is 0 Å². The SMILES string of the molecule is C[C@]12CCC(=O)C=C1CC[C@@H]1[C@@H]2[C@@H](O)C[C@@]2(C)[C@H]1CC[C@]2(O)C(=O)C(O)CCC(=O)O. The first-order chi connectivity index (χ1) is 14.4. The van der Waals surface area contributed by atoms with Crippen molar-refractivity contribution in [2.75, 3.05) is 0 Å². The van der Waals surface area contributed by atoms with Crippen LogP contribution in [-0.4, -0.2) is 55.8 Å². The third-order valence-electron chi connectivity index (χ3n) is 9.39. The van der Waals surface area contributed by atoms with E-state index >= 15 is 0 Å². The van der Waals surface area contributed by atoms with Gasteiger partial charge >= 0.3 is 5.97 Å². The second-order valence-corrected chi connectivity index (χ2v) is 10.8. The molecule has 7 heteroatoms. The van der Waals surface area contributed by atoms with E-state index in [2.05, 4.69) is 6.92 Å². The van der Waals surface area contributed by atoms with Crippen LogP contribution >= 0.6 is 0 Å². The average molecular weight is 435 g/mol. The van der Waals surface area contributed by atoms with Crippen LogP contribution in [0.5, 0.6) is 0 Å². The molecule has 0 heterocycles. The summed E-state index contributed by atoms with van der Waals surface area (Å²) in [6, 6.07) is 0. The fourth-order valence-electron chi connectivity index (χ4n) is 7.76. The van der Waals surface area contributed by atoms with E-state index in [1.807, 2.05) is 6.92 Å². The summed E-state index contributed by atoms with van der Waals surface area (Å²) in [5.41, 5.74) is -1.78. The molecule has 31 heavy (non-hydrogen) atoms. The number of allylic oxidation sites excluding steroid dienone is 1. The minimum absolute atomic E-state index is 0.0203. The number of aliphatic carboxylic acids is 1. The Balaban J connectivity index is 1.63. The maximum Gasteiger partial charge on any atom is 0.303 e. The number of ketones is 2. The highest BCUT2D eigenvalue weighted by atomic mass is 16.4. The van der Waals surface area contributed by atoms with E-state index in [9.17, 15) is 29.7 Å². The number of Topliss-reactive ketones (excluding diaryl/α,β-unsaturated/α-hetero) is 1. The molecule has 7 nitrogen and oxygen atoms in total. The van der Waals surface area contributed by atoms with Gasteiger partial charge in [-0.05, 0) is 74.2 Å². The number of carboxylic acids is 1. The van der Waals surface area contributed by atoms with Crippen LogP contribution < -0.4 is 0 Å². The summed E-state index contributed by atoms with van der Waals surface area (Å²) in [6.45, 7) is 4.00. The summed E-state index contributed by atoms with van der Waals surface area (Å²) in [7, 11) is 0. The van der Waals surface area contributed by atoms with E-state index < -0.39 is 35.0 Å². The Morgan fingerprint density at radius 3 is 2.58 bits per heavy atom. The van der Waals surface area contributed by atoms with Gasteiger partial charge < -0.3 is 20.4 Å².